The number of hydrogen-bond donors (Lipinski definition) is 1. The van der Waals surface area contributed by atoms with Crippen LogP contribution in [0.25, 0.3) is 22.3 Å². The Hall–Kier alpha value is -2.03. The third-order valence-electron chi connectivity index (χ3n) is 4.05. The SMILES string of the molecule is O=S(=O)(Nc1c(-c2ccccc2)nc2scc(C=C(Cl)Cl)n12)c1ccc(Cl)cc1. The lowest BCUT2D eigenvalue weighted by atomic mass is 10.1. The molecular formula is C19H12Cl3N3O2S2. The third kappa shape index (κ3) is 4.15. The Morgan fingerprint density at radius 1 is 1.07 bits per heavy atom. The van der Waals surface area contributed by atoms with Gasteiger partial charge in [-0.25, -0.2) is 13.4 Å². The second-order valence-corrected chi connectivity index (χ2v) is 9.91. The van der Waals surface area contributed by atoms with Crippen molar-refractivity contribution < 1.29 is 8.42 Å². The minimum atomic E-state index is -3.90. The highest BCUT2D eigenvalue weighted by molar-refractivity contribution is 7.92. The number of sulfonamides is 1. The van der Waals surface area contributed by atoms with Crippen molar-refractivity contribution in [1.29, 1.82) is 0 Å². The Morgan fingerprint density at radius 3 is 2.41 bits per heavy atom. The summed E-state index contributed by atoms with van der Waals surface area (Å²) in [5.74, 6) is 0.295. The van der Waals surface area contributed by atoms with Gasteiger partial charge in [0.1, 0.15) is 10.2 Å². The topological polar surface area (TPSA) is 63.5 Å². The van der Waals surface area contributed by atoms with Gasteiger partial charge in [-0.05, 0) is 30.3 Å². The first kappa shape index (κ1) is 20.3. The van der Waals surface area contributed by atoms with Crippen LogP contribution < -0.4 is 4.72 Å². The molecule has 5 nitrogen and oxygen atoms in total. The van der Waals surface area contributed by atoms with E-state index in [9.17, 15) is 8.42 Å². The van der Waals surface area contributed by atoms with Gasteiger partial charge in [-0.3, -0.25) is 9.12 Å². The van der Waals surface area contributed by atoms with E-state index in [0.29, 0.717) is 27.2 Å². The molecule has 148 valence electrons. The first-order valence-electron chi connectivity index (χ1n) is 8.21. The van der Waals surface area contributed by atoms with Crippen LogP contribution in [0.3, 0.4) is 0 Å². The maximum Gasteiger partial charge on any atom is 0.263 e. The number of nitrogens with one attached hydrogen (secondary N) is 1. The Balaban J connectivity index is 1.92. The van der Waals surface area contributed by atoms with Crippen molar-refractivity contribution in [2.75, 3.05) is 4.72 Å². The number of anilines is 1. The fourth-order valence-electron chi connectivity index (χ4n) is 2.79. The van der Waals surface area contributed by atoms with Gasteiger partial charge in [0.05, 0.1) is 10.6 Å². The molecule has 0 saturated heterocycles. The van der Waals surface area contributed by atoms with Gasteiger partial charge in [0.2, 0.25) is 0 Å². The van der Waals surface area contributed by atoms with Crippen LogP contribution in [0.15, 0.2) is 69.4 Å². The number of nitrogens with zero attached hydrogens (tertiary/aromatic N) is 2. The van der Waals surface area contributed by atoms with Crippen molar-refractivity contribution in [3.63, 3.8) is 0 Å². The molecule has 0 bridgehead atoms. The van der Waals surface area contributed by atoms with Gasteiger partial charge in [-0.15, -0.1) is 11.3 Å². The van der Waals surface area contributed by atoms with Gasteiger partial charge in [-0.1, -0.05) is 65.1 Å². The van der Waals surface area contributed by atoms with Crippen molar-refractivity contribution in [3.8, 4) is 11.3 Å². The number of hydrogen-bond acceptors (Lipinski definition) is 4. The molecular weight excluding hydrogens is 473 g/mol. The predicted molar refractivity (Wildman–Crippen MR) is 120 cm³/mol. The van der Waals surface area contributed by atoms with E-state index < -0.39 is 10.0 Å². The fourth-order valence-corrected chi connectivity index (χ4v) is 5.04. The molecule has 2 aromatic carbocycles. The van der Waals surface area contributed by atoms with Gasteiger partial charge in [0.25, 0.3) is 10.0 Å². The third-order valence-corrected chi connectivity index (χ3v) is 6.72. The van der Waals surface area contributed by atoms with E-state index in [0.717, 1.165) is 5.56 Å². The second kappa shape index (κ2) is 8.01. The zero-order chi connectivity index (χ0) is 20.6. The minimum Gasteiger partial charge on any atom is -0.269 e. The molecule has 0 fully saturated rings. The number of rotatable bonds is 5. The number of thiazole rings is 1. The molecule has 0 aliphatic heterocycles. The van der Waals surface area contributed by atoms with Gasteiger partial charge >= 0.3 is 0 Å². The highest BCUT2D eigenvalue weighted by Gasteiger charge is 2.23. The first-order chi connectivity index (χ1) is 13.8. The maximum atomic E-state index is 13.0. The van der Waals surface area contributed by atoms with Gasteiger partial charge in [0.15, 0.2) is 10.8 Å². The second-order valence-electron chi connectivity index (χ2n) is 5.95. The predicted octanol–water partition coefficient (Wildman–Crippen LogP) is 6.29. The molecule has 0 aliphatic carbocycles. The lowest BCUT2D eigenvalue weighted by Gasteiger charge is -2.10. The number of halogens is 3. The van der Waals surface area contributed by atoms with Crippen molar-refractivity contribution in [3.05, 3.63) is 75.2 Å². The molecule has 0 unspecified atom stereocenters. The molecule has 0 amide bonds. The van der Waals surface area contributed by atoms with Crippen LogP contribution in [0.2, 0.25) is 5.02 Å². The summed E-state index contributed by atoms with van der Waals surface area (Å²) in [6.45, 7) is 0. The van der Waals surface area contributed by atoms with Crippen molar-refractivity contribution >= 4 is 73.0 Å². The summed E-state index contributed by atoms with van der Waals surface area (Å²) in [4.78, 5) is 5.30. The Labute approximate surface area is 186 Å². The van der Waals surface area contributed by atoms with E-state index in [1.165, 1.54) is 41.7 Å². The average Bonchev–Trinajstić information content (AvgIpc) is 3.23. The van der Waals surface area contributed by atoms with Crippen molar-refractivity contribution in [2.24, 2.45) is 0 Å². The lowest BCUT2D eigenvalue weighted by molar-refractivity contribution is 0.601. The summed E-state index contributed by atoms with van der Waals surface area (Å²) in [6, 6.07) is 15.2. The first-order valence-corrected chi connectivity index (χ1v) is 11.7. The van der Waals surface area contributed by atoms with Crippen molar-refractivity contribution in [1.82, 2.24) is 9.38 Å². The highest BCUT2D eigenvalue weighted by Crippen LogP contribution is 2.35. The summed E-state index contributed by atoms with van der Waals surface area (Å²) in [7, 11) is -3.90. The molecule has 2 aromatic heterocycles. The molecule has 10 heteroatoms. The van der Waals surface area contributed by atoms with Crippen LogP contribution in [0.4, 0.5) is 5.82 Å². The summed E-state index contributed by atoms with van der Waals surface area (Å²) >= 11 is 18.9. The van der Waals surface area contributed by atoms with Crippen LogP contribution in [0, 0.1) is 0 Å². The van der Waals surface area contributed by atoms with E-state index in [1.54, 1.807) is 9.78 Å². The van der Waals surface area contributed by atoms with Crippen LogP contribution in [-0.4, -0.2) is 17.8 Å². The van der Waals surface area contributed by atoms with Crippen LogP contribution in [0.1, 0.15) is 5.69 Å². The van der Waals surface area contributed by atoms with Gasteiger partial charge in [0, 0.05) is 16.0 Å². The van der Waals surface area contributed by atoms with E-state index in [1.807, 2.05) is 30.3 Å². The van der Waals surface area contributed by atoms with E-state index >= 15 is 0 Å². The van der Waals surface area contributed by atoms with Crippen LogP contribution in [-0.2, 0) is 10.0 Å². The van der Waals surface area contributed by atoms with E-state index in [2.05, 4.69) is 9.71 Å². The summed E-state index contributed by atoms with van der Waals surface area (Å²) in [6.07, 6.45) is 1.53. The molecule has 4 aromatic rings. The van der Waals surface area contributed by atoms with Gasteiger partial charge < -0.3 is 0 Å². The molecule has 0 saturated carbocycles. The highest BCUT2D eigenvalue weighted by atomic mass is 35.5. The zero-order valence-electron chi connectivity index (χ0n) is 14.5. The lowest BCUT2D eigenvalue weighted by Crippen LogP contribution is -2.15. The van der Waals surface area contributed by atoms with Crippen LogP contribution in [0.5, 0.6) is 0 Å². The van der Waals surface area contributed by atoms with Crippen molar-refractivity contribution in [2.45, 2.75) is 4.90 Å². The molecule has 0 aliphatic rings. The Bertz CT molecular complexity index is 1310. The minimum absolute atomic E-state index is 0.0474. The zero-order valence-corrected chi connectivity index (χ0v) is 18.4. The summed E-state index contributed by atoms with van der Waals surface area (Å²) in [5.41, 5.74) is 1.87. The summed E-state index contributed by atoms with van der Waals surface area (Å²) < 4.78 is 30.5. The quantitative estimate of drug-likeness (QED) is 0.362. The number of aromatic nitrogens is 2. The molecule has 4 rings (SSSR count). The molecule has 0 radical (unpaired) electrons. The largest absolute Gasteiger partial charge is 0.269 e. The average molecular weight is 485 g/mol. The smallest absolute Gasteiger partial charge is 0.263 e. The van der Waals surface area contributed by atoms with Crippen LogP contribution >= 0.6 is 46.1 Å². The standard InChI is InChI=1S/C19H12Cl3N3O2S2/c20-13-6-8-15(9-7-13)29(26,27)24-18-17(12-4-2-1-3-5-12)23-19-25(18)14(11-28-19)10-16(21)22/h1-11,24H. The van der Waals surface area contributed by atoms with E-state index in [4.69, 9.17) is 34.8 Å². The molecule has 0 atom stereocenters. The Morgan fingerprint density at radius 2 is 1.76 bits per heavy atom. The number of fused-ring (bicyclic) bond motifs is 1. The summed E-state index contributed by atoms with van der Waals surface area (Å²) in [5, 5.41) is 2.24. The fraction of sp³-hybridized carbons (Fsp3) is 0. The molecule has 2 heterocycles. The molecule has 0 spiro atoms. The number of benzene rings is 2. The Kier molecular flexibility index (Phi) is 5.59. The van der Waals surface area contributed by atoms with Gasteiger partial charge in [-0.2, -0.15) is 0 Å². The normalized spacial score (nSPS) is 11.6. The maximum absolute atomic E-state index is 13.0. The van der Waals surface area contributed by atoms with E-state index in [-0.39, 0.29) is 9.39 Å². The number of imidazole rings is 1. The molecule has 1 N–H and O–H groups in total. The monoisotopic (exact) mass is 483 g/mol. The molecule has 29 heavy (non-hydrogen) atoms.